The molecule has 3 atom stereocenters. The molecule has 2 aliphatic rings. The van der Waals surface area contributed by atoms with Crippen LogP contribution in [0.15, 0.2) is 60.8 Å². The second-order valence-electron chi connectivity index (χ2n) is 8.87. The third-order valence-corrected chi connectivity index (χ3v) is 7.38. The summed E-state index contributed by atoms with van der Waals surface area (Å²) in [5, 5.41) is 0. The van der Waals surface area contributed by atoms with Gasteiger partial charge in [0.15, 0.2) is 5.82 Å². The third-order valence-electron chi connectivity index (χ3n) is 7.38. The van der Waals surface area contributed by atoms with Gasteiger partial charge in [0.1, 0.15) is 5.78 Å². The van der Waals surface area contributed by atoms with Gasteiger partial charge < -0.3 is 4.74 Å². The van der Waals surface area contributed by atoms with Crippen LogP contribution in [0.3, 0.4) is 0 Å². The topological polar surface area (TPSA) is 69.2 Å². The molecule has 0 N–H and O–H groups in total. The van der Waals surface area contributed by atoms with Crippen LogP contribution in [0.5, 0.6) is 0 Å². The van der Waals surface area contributed by atoms with E-state index >= 15 is 0 Å². The van der Waals surface area contributed by atoms with Crippen LogP contribution in [0.2, 0.25) is 0 Å². The number of aryl methyl sites for hydroxylation is 1. The van der Waals surface area contributed by atoms with Gasteiger partial charge in [-0.25, -0.2) is 14.8 Å². The fourth-order valence-corrected chi connectivity index (χ4v) is 5.71. The number of Topliss-reactive ketones (excluding diaryl/α,β-unsaturated/α-hetero) is 1. The van der Waals surface area contributed by atoms with Gasteiger partial charge in [-0.15, -0.1) is 0 Å². The number of carbonyl (C=O) groups excluding carboxylic acids is 2. The zero-order valence-electron chi connectivity index (χ0n) is 18.4. The van der Waals surface area contributed by atoms with E-state index in [2.05, 4.69) is 36.2 Å². The van der Waals surface area contributed by atoms with Crippen molar-refractivity contribution in [2.45, 2.75) is 38.0 Å². The Morgan fingerprint density at radius 1 is 1.06 bits per heavy atom. The number of esters is 1. The van der Waals surface area contributed by atoms with Crippen LogP contribution in [0.4, 0.5) is 0 Å². The van der Waals surface area contributed by atoms with Crippen LogP contribution in [-0.4, -0.2) is 28.8 Å². The highest BCUT2D eigenvalue weighted by atomic mass is 16.5. The Morgan fingerprint density at radius 3 is 2.53 bits per heavy atom. The standard InChI is InChI=1S/C27H26N2O3/c1-17-22-13-12-20-16-28-25(18-8-10-19(11-9-18)26(31)32-2)29-24(20)27(22,15-14-23(17)30)21-6-4-3-5-7-21/h3-11,16-17,22H,12-15H2,1-2H3/t17-,22-,27+/m0/s1. The minimum atomic E-state index is -0.366. The molecule has 162 valence electrons. The predicted molar refractivity (Wildman–Crippen MR) is 121 cm³/mol. The molecule has 1 aromatic heterocycles. The Labute approximate surface area is 187 Å². The van der Waals surface area contributed by atoms with Crippen molar-refractivity contribution >= 4 is 11.8 Å². The number of rotatable bonds is 3. The number of carbonyl (C=O) groups is 2. The quantitative estimate of drug-likeness (QED) is 0.564. The van der Waals surface area contributed by atoms with Gasteiger partial charge in [-0.05, 0) is 48.4 Å². The Morgan fingerprint density at radius 2 is 1.81 bits per heavy atom. The molecule has 5 heteroatoms. The molecule has 0 spiro atoms. The van der Waals surface area contributed by atoms with E-state index in [1.807, 2.05) is 24.4 Å². The molecular formula is C27H26N2O3. The number of fused-ring (bicyclic) bond motifs is 3. The van der Waals surface area contributed by atoms with Crippen molar-refractivity contribution in [1.82, 2.24) is 9.97 Å². The molecule has 0 saturated heterocycles. The van der Waals surface area contributed by atoms with Crippen molar-refractivity contribution in [2.24, 2.45) is 11.8 Å². The lowest BCUT2D eigenvalue weighted by Crippen LogP contribution is -2.50. The van der Waals surface area contributed by atoms with Gasteiger partial charge in [0.2, 0.25) is 0 Å². The lowest BCUT2D eigenvalue weighted by Gasteiger charge is -2.50. The van der Waals surface area contributed by atoms with E-state index in [9.17, 15) is 9.59 Å². The van der Waals surface area contributed by atoms with Crippen molar-refractivity contribution in [1.29, 1.82) is 0 Å². The Kier molecular flexibility index (Phi) is 5.12. The van der Waals surface area contributed by atoms with Crippen molar-refractivity contribution in [3.05, 3.63) is 83.2 Å². The number of ether oxygens (including phenoxy) is 1. The first kappa shape index (κ1) is 20.6. The maximum absolute atomic E-state index is 12.7. The number of hydrogen-bond acceptors (Lipinski definition) is 5. The van der Waals surface area contributed by atoms with Gasteiger partial charge in [0.25, 0.3) is 0 Å². The van der Waals surface area contributed by atoms with E-state index in [4.69, 9.17) is 9.72 Å². The molecule has 1 heterocycles. The van der Waals surface area contributed by atoms with Gasteiger partial charge in [-0.2, -0.15) is 0 Å². The fourth-order valence-electron chi connectivity index (χ4n) is 5.71. The molecule has 32 heavy (non-hydrogen) atoms. The maximum Gasteiger partial charge on any atom is 0.337 e. The van der Waals surface area contributed by atoms with Crippen LogP contribution < -0.4 is 0 Å². The summed E-state index contributed by atoms with van der Waals surface area (Å²) in [6, 6.07) is 17.7. The van der Waals surface area contributed by atoms with E-state index in [-0.39, 0.29) is 23.2 Å². The minimum absolute atomic E-state index is 0.00913. The summed E-state index contributed by atoms with van der Waals surface area (Å²) in [5.41, 5.74) is 4.52. The summed E-state index contributed by atoms with van der Waals surface area (Å²) in [6.45, 7) is 2.09. The second kappa shape index (κ2) is 7.97. The Balaban J connectivity index is 1.65. The average Bonchev–Trinajstić information content (AvgIpc) is 2.86. The third kappa shape index (κ3) is 3.15. The summed E-state index contributed by atoms with van der Waals surface area (Å²) >= 11 is 0. The van der Waals surface area contributed by atoms with E-state index < -0.39 is 0 Å². The molecule has 5 nitrogen and oxygen atoms in total. The normalized spacial score (nSPS) is 24.4. The van der Waals surface area contributed by atoms with Gasteiger partial charge in [0.05, 0.1) is 18.4 Å². The van der Waals surface area contributed by atoms with Crippen LogP contribution in [0.25, 0.3) is 11.4 Å². The van der Waals surface area contributed by atoms with Crippen molar-refractivity contribution in [2.75, 3.05) is 7.11 Å². The first-order chi connectivity index (χ1) is 15.5. The lowest BCUT2D eigenvalue weighted by atomic mass is 9.53. The van der Waals surface area contributed by atoms with Gasteiger partial charge in [0, 0.05) is 29.5 Å². The predicted octanol–water partition coefficient (Wildman–Crippen LogP) is 4.78. The smallest absolute Gasteiger partial charge is 0.337 e. The monoisotopic (exact) mass is 426 g/mol. The van der Waals surface area contributed by atoms with E-state index in [1.165, 1.54) is 18.2 Å². The summed E-state index contributed by atoms with van der Waals surface area (Å²) in [6.07, 6.45) is 5.14. The number of benzene rings is 2. The first-order valence-corrected chi connectivity index (χ1v) is 11.2. The summed E-state index contributed by atoms with van der Waals surface area (Å²) in [4.78, 5) is 34.2. The fraction of sp³-hybridized carbons (Fsp3) is 0.333. The van der Waals surface area contributed by atoms with Gasteiger partial charge in [-0.3, -0.25) is 4.79 Å². The van der Waals surface area contributed by atoms with Crippen molar-refractivity contribution in [3.8, 4) is 11.4 Å². The number of aromatic nitrogens is 2. The Bertz CT molecular complexity index is 1170. The molecule has 0 amide bonds. The number of methoxy groups -OCH3 is 1. The molecule has 1 fully saturated rings. The molecule has 1 saturated carbocycles. The van der Waals surface area contributed by atoms with Crippen LogP contribution in [0.1, 0.15) is 53.4 Å². The van der Waals surface area contributed by atoms with Crippen LogP contribution in [0, 0.1) is 11.8 Å². The number of nitrogens with zero attached hydrogens (tertiary/aromatic N) is 2. The molecule has 0 aliphatic heterocycles. The summed E-state index contributed by atoms with van der Waals surface area (Å²) < 4.78 is 4.80. The summed E-state index contributed by atoms with van der Waals surface area (Å²) in [7, 11) is 1.37. The first-order valence-electron chi connectivity index (χ1n) is 11.2. The molecular weight excluding hydrogens is 400 g/mol. The van der Waals surface area contributed by atoms with E-state index in [1.54, 1.807) is 12.1 Å². The highest BCUT2D eigenvalue weighted by molar-refractivity contribution is 5.89. The molecule has 0 radical (unpaired) electrons. The highest BCUT2D eigenvalue weighted by Gasteiger charge is 2.53. The summed E-state index contributed by atoms with van der Waals surface area (Å²) in [5.74, 6) is 0.867. The molecule has 0 unspecified atom stereocenters. The van der Waals surface area contributed by atoms with Gasteiger partial charge >= 0.3 is 5.97 Å². The average molecular weight is 427 g/mol. The molecule has 2 aromatic carbocycles. The zero-order chi connectivity index (χ0) is 22.3. The molecule has 3 aromatic rings. The van der Waals surface area contributed by atoms with Crippen LogP contribution >= 0.6 is 0 Å². The van der Waals surface area contributed by atoms with Gasteiger partial charge in [-0.1, -0.05) is 49.4 Å². The molecule has 2 aliphatic carbocycles. The molecule has 5 rings (SSSR count). The van der Waals surface area contributed by atoms with Crippen molar-refractivity contribution in [3.63, 3.8) is 0 Å². The largest absolute Gasteiger partial charge is 0.465 e. The number of ketones is 1. The SMILES string of the molecule is COC(=O)c1ccc(-c2ncc3c(n2)[C@@]2(c4ccccc4)CCC(=O)[C@@H](C)[C@@H]2CC3)cc1. The lowest BCUT2D eigenvalue weighted by molar-refractivity contribution is -0.128. The number of hydrogen-bond donors (Lipinski definition) is 0. The van der Waals surface area contributed by atoms with Crippen LogP contribution in [-0.2, 0) is 21.4 Å². The Hall–Kier alpha value is -3.34. The maximum atomic E-state index is 12.7. The van der Waals surface area contributed by atoms with Crippen molar-refractivity contribution < 1.29 is 14.3 Å². The highest BCUT2D eigenvalue weighted by Crippen LogP contribution is 2.54. The van der Waals surface area contributed by atoms with E-state index in [0.717, 1.165) is 30.5 Å². The zero-order valence-corrected chi connectivity index (χ0v) is 18.4. The molecule has 0 bridgehead atoms. The van der Waals surface area contributed by atoms with E-state index in [0.29, 0.717) is 23.6 Å². The second-order valence-corrected chi connectivity index (χ2v) is 8.87. The minimum Gasteiger partial charge on any atom is -0.465 e.